The van der Waals surface area contributed by atoms with Crippen LogP contribution in [0.2, 0.25) is 5.02 Å². The summed E-state index contributed by atoms with van der Waals surface area (Å²) in [7, 11) is 3.16. The van der Waals surface area contributed by atoms with Crippen molar-refractivity contribution in [3.05, 3.63) is 64.9 Å². The Morgan fingerprint density at radius 2 is 1.96 bits per heavy atom. The number of nitrogens with one attached hydrogen (secondary N) is 1. The van der Waals surface area contributed by atoms with Crippen molar-refractivity contribution < 1.29 is 14.3 Å². The molecule has 0 radical (unpaired) electrons. The van der Waals surface area contributed by atoms with Gasteiger partial charge in [-0.1, -0.05) is 28.9 Å². The third kappa shape index (κ3) is 4.03. The maximum atomic E-state index is 12.6. The van der Waals surface area contributed by atoms with Gasteiger partial charge in [0.2, 0.25) is 0 Å². The highest BCUT2D eigenvalue weighted by molar-refractivity contribution is 6.32. The first-order valence-corrected chi connectivity index (χ1v) is 8.61. The molecule has 2 aromatic carbocycles. The van der Waals surface area contributed by atoms with E-state index in [0.717, 1.165) is 5.56 Å². The summed E-state index contributed by atoms with van der Waals surface area (Å²) >= 11 is 6.16. The molecule has 0 bridgehead atoms. The average Bonchev–Trinajstić information content (AvgIpc) is 3.17. The van der Waals surface area contributed by atoms with E-state index in [1.165, 1.54) is 10.9 Å². The Labute approximate surface area is 161 Å². The summed E-state index contributed by atoms with van der Waals surface area (Å²) in [5, 5.41) is 11.3. The number of hydrogen-bond acceptors (Lipinski definition) is 5. The highest BCUT2D eigenvalue weighted by atomic mass is 35.5. The number of ether oxygens (including phenoxy) is 2. The Bertz CT molecular complexity index is 958. The van der Waals surface area contributed by atoms with Crippen LogP contribution in [0.4, 0.5) is 0 Å². The summed E-state index contributed by atoms with van der Waals surface area (Å²) in [4.78, 5) is 12.6. The summed E-state index contributed by atoms with van der Waals surface area (Å²) in [5.74, 6) is 0.956. The van der Waals surface area contributed by atoms with Gasteiger partial charge in [0, 0.05) is 11.6 Å². The molecule has 0 aliphatic rings. The van der Waals surface area contributed by atoms with Crippen LogP contribution in [0.1, 0.15) is 29.0 Å². The van der Waals surface area contributed by atoms with Gasteiger partial charge in [-0.2, -0.15) is 0 Å². The summed E-state index contributed by atoms with van der Waals surface area (Å²) < 4.78 is 12.1. The minimum absolute atomic E-state index is 0.189. The molecule has 0 saturated heterocycles. The van der Waals surface area contributed by atoms with E-state index in [9.17, 15) is 4.79 Å². The summed E-state index contributed by atoms with van der Waals surface area (Å²) in [6.07, 6.45) is 1.54. The van der Waals surface area contributed by atoms with Crippen LogP contribution in [0.15, 0.2) is 48.7 Å². The second-order valence-electron chi connectivity index (χ2n) is 5.80. The third-order valence-corrected chi connectivity index (χ3v) is 4.40. The van der Waals surface area contributed by atoms with Crippen molar-refractivity contribution in [3.8, 4) is 17.2 Å². The van der Waals surface area contributed by atoms with Crippen molar-refractivity contribution in [2.75, 3.05) is 14.2 Å². The van der Waals surface area contributed by atoms with E-state index in [4.69, 9.17) is 21.1 Å². The van der Waals surface area contributed by atoms with Gasteiger partial charge >= 0.3 is 0 Å². The van der Waals surface area contributed by atoms with Crippen molar-refractivity contribution >= 4 is 17.5 Å². The quantitative estimate of drug-likeness (QED) is 0.702. The molecule has 7 nitrogen and oxygen atoms in total. The van der Waals surface area contributed by atoms with E-state index in [-0.39, 0.29) is 17.6 Å². The second kappa shape index (κ2) is 8.09. The predicted molar refractivity (Wildman–Crippen MR) is 102 cm³/mol. The van der Waals surface area contributed by atoms with Crippen LogP contribution < -0.4 is 14.8 Å². The number of hydrogen-bond donors (Lipinski definition) is 1. The summed E-state index contributed by atoms with van der Waals surface area (Å²) in [6, 6.07) is 12.3. The Kier molecular flexibility index (Phi) is 5.61. The molecule has 1 N–H and O–H groups in total. The van der Waals surface area contributed by atoms with Crippen LogP contribution in [0.5, 0.6) is 11.5 Å². The number of amides is 1. The van der Waals surface area contributed by atoms with E-state index >= 15 is 0 Å². The van der Waals surface area contributed by atoms with Crippen molar-refractivity contribution in [1.29, 1.82) is 0 Å². The number of carbonyl (C=O) groups excluding carboxylic acids is 1. The molecule has 0 spiro atoms. The Morgan fingerprint density at radius 1 is 1.19 bits per heavy atom. The zero-order chi connectivity index (χ0) is 19.4. The van der Waals surface area contributed by atoms with Gasteiger partial charge < -0.3 is 14.8 Å². The molecular formula is C19H19ClN4O3. The minimum Gasteiger partial charge on any atom is -0.497 e. The van der Waals surface area contributed by atoms with E-state index in [0.29, 0.717) is 22.2 Å². The SMILES string of the molecule is COc1ccc([C@@H](C)NC(=O)c2cn(-c3ccccc3Cl)nn2)c(OC)c1. The molecule has 0 fully saturated rings. The molecule has 1 heterocycles. The summed E-state index contributed by atoms with van der Waals surface area (Å²) in [5.41, 5.74) is 1.66. The maximum absolute atomic E-state index is 12.6. The third-order valence-electron chi connectivity index (χ3n) is 4.08. The zero-order valence-corrected chi connectivity index (χ0v) is 15.9. The number of para-hydroxylation sites is 1. The molecule has 8 heteroatoms. The lowest BCUT2D eigenvalue weighted by molar-refractivity contribution is 0.0934. The smallest absolute Gasteiger partial charge is 0.273 e. The fourth-order valence-corrected chi connectivity index (χ4v) is 2.87. The number of carbonyl (C=O) groups is 1. The van der Waals surface area contributed by atoms with Crippen LogP contribution in [0.25, 0.3) is 5.69 Å². The summed E-state index contributed by atoms with van der Waals surface area (Å²) in [6.45, 7) is 1.86. The molecule has 0 saturated carbocycles. The van der Waals surface area contributed by atoms with Crippen molar-refractivity contribution in [2.24, 2.45) is 0 Å². The van der Waals surface area contributed by atoms with Crippen LogP contribution >= 0.6 is 11.6 Å². The lowest BCUT2D eigenvalue weighted by Gasteiger charge is -2.17. The molecule has 1 amide bonds. The van der Waals surface area contributed by atoms with Gasteiger partial charge in [0.15, 0.2) is 5.69 Å². The van der Waals surface area contributed by atoms with Crippen molar-refractivity contribution in [2.45, 2.75) is 13.0 Å². The van der Waals surface area contributed by atoms with E-state index in [1.54, 1.807) is 32.4 Å². The Morgan fingerprint density at radius 3 is 2.67 bits per heavy atom. The number of nitrogens with zero attached hydrogens (tertiary/aromatic N) is 3. The normalized spacial score (nSPS) is 11.7. The highest BCUT2D eigenvalue weighted by Crippen LogP contribution is 2.29. The van der Waals surface area contributed by atoms with Gasteiger partial charge in [-0.25, -0.2) is 4.68 Å². The molecule has 3 rings (SSSR count). The van der Waals surface area contributed by atoms with Crippen LogP contribution in [-0.4, -0.2) is 35.1 Å². The molecule has 3 aromatic rings. The van der Waals surface area contributed by atoms with Crippen LogP contribution in [-0.2, 0) is 0 Å². The minimum atomic E-state index is -0.348. The largest absolute Gasteiger partial charge is 0.497 e. The molecule has 0 aliphatic heterocycles. The van der Waals surface area contributed by atoms with Gasteiger partial charge in [0.05, 0.1) is 37.2 Å². The Hall–Kier alpha value is -3.06. The number of halogens is 1. The first-order valence-electron chi connectivity index (χ1n) is 8.23. The highest BCUT2D eigenvalue weighted by Gasteiger charge is 2.18. The molecule has 0 aliphatic carbocycles. The van der Waals surface area contributed by atoms with Gasteiger partial charge in [0.1, 0.15) is 11.5 Å². The van der Waals surface area contributed by atoms with Crippen LogP contribution in [0.3, 0.4) is 0 Å². The monoisotopic (exact) mass is 386 g/mol. The number of rotatable bonds is 6. The zero-order valence-electron chi connectivity index (χ0n) is 15.1. The first kappa shape index (κ1) is 18.7. The maximum Gasteiger partial charge on any atom is 0.273 e. The standard InChI is InChI=1S/C19H19ClN4O3/c1-12(14-9-8-13(26-2)10-18(14)27-3)21-19(25)16-11-24(23-22-16)17-7-5-4-6-15(17)20/h4-12H,1-3H3,(H,21,25)/t12-/m1/s1. The van der Waals surface area contributed by atoms with E-state index in [1.807, 2.05) is 31.2 Å². The molecule has 1 atom stereocenters. The lowest BCUT2D eigenvalue weighted by atomic mass is 10.1. The topological polar surface area (TPSA) is 78.3 Å². The van der Waals surface area contributed by atoms with Gasteiger partial charge in [-0.05, 0) is 31.2 Å². The van der Waals surface area contributed by atoms with E-state index in [2.05, 4.69) is 15.6 Å². The number of benzene rings is 2. The molecule has 0 unspecified atom stereocenters. The fourth-order valence-electron chi connectivity index (χ4n) is 2.65. The number of methoxy groups -OCH3 is 2. The predicted octanol–water partition coefficient (Wildman–Crippen LogP) is 3.43. The van der Waals surface area contributed by atoms with Crippen molar-refractivity contribution in [1.82, 2.24) is 20.3 Å². The Balaban J connectivity index is 1.77. The van der Waals surface area contributed by atoms with E-state index < -0.39 is 0 Å². The average molecular weight is 387 g/mol. The molecular weight excluding hydrogens is 368 g/mol. The second-order valence-corrected chi connectivity index (χ2v) is 6.21. The first-order chi connectivity index (χ1) is 13.0. The van der Waals surface area contributed by atoms with Crippen LogP contribution in [0, 0.1) is 0 Å². The van der Waals surface area contributed by atoms with Crippen molar-refractivity contribution in [3.63, 3.8) is 0 Å². The lowest BCUT2D eigenvalue weighted by Crippen LogP contribution is -2.27. The molecule has 1 aromatic heterocycles. The number of aromatic nitrogens is 3. The van der Waals surface area contributed by atoms with Gasteiger partial charge in [0.25, 0.3) is 5.91 Å². The molecule has 140 valence electrons. The fraction of sp³-hybridized carbons (Fsp3) is 0.211. The van der Waals surface area contributed by atoms with Gasteiger partial charge in [-0.15, -0.1) is 5.10 Å². The van der Waals surface area contributed by atoms with Gasteiger partial charge in [-0.3, -0.25) is 4.79 Å². The molecule has 27 heavy (non-hydrogen) atoms.